The molecule has 3 nitrogen and oxygen atoms in total. The zero-order valence-electron chi connectivity index (χ0n) is 11.4. The van der Waals surface area contributed by atoms with Gasteiger partial charge >= 0.3 is 0 Å². The van der Waals surface area contributed by atoms with Gasteiger partial charge in [0.05, 0.1) is 12.3 Å². The fraction of sp³-hybridized carbons (Fsp3) is 0.312. The van der Waals surface area contributed by atoms with Crippen molar-refractivity contribution in [3.8, 4) is 5.75 Å². The molecule has 0 atom stereocenters. The number of benzene rings is 1. The number of hydrogen-bond acceptors (Lipinski definition) is 2. The monoisotopic (exact) mass is 257 g/mol. The summed E-state index contributed by atoms with van der Waals surface area (Å²) in [5.41, 5.74) is 3.12. The molecule has 19 heavy (non-hydrogen) atoms. The highest BCUT2D eigenvalue weighted by molar-refractivity contribution is 5.72. The molecular formula is C16H19NO2. The van der Waals surface area contributed by atoms with Crippen molar-refractivity contribution in [3.05, 3.63) is 53.3 Å². The SMILES string of the molecule is Cc1ccc(OCCCn2cccc2C=O)c(C)c1. The molecule has 0 fully saturated rings. The predicted octanol–water partition coefficient (Wildman–Crippen LogP) is 3.39. The van der Waals surface area contributed by atoms with Crippen LogP contribution in [0.3, 0.4) is 0 Å². The van der Waals surface area contributed by atoms with Gasteiger partial charge in [-0.05, 0) is 44.0 Å². The maximum absolute atomic E-state index is 10.8. The second-order valence-corrected chi connectivity index (χ2v) is 4.72. The zero-order valence-corrected chi connectivity index (χ0v) is 11.4. The lowest BCUT2D eigenvalue weighted by molar-refractivity contribution is 0.111. The first-order valence-electron chi connectivity index (χ1n) is 6.51. The van der Waals surface area contributed by atoms with Crippen molar-refractivity contribution in [1.29, 1.82) is 0 Å². The van der Waals surface area contributed by atoms with Crippen molar-refractivity contribution < 1.29 is 9.53 Å². The van der Waals surface area contributed by atoms with Crippen LogP contribution in [0.1, 0.15) is 28.0 Å². The molecule has 0 aliphatic rings. The van der Waals surface area contributed by atoms with Crippen LogP contribution in [-0.4, -0.2) is 17.5 Å². The quantitative estimate of drug-likeness (QED) is 0.586. The van der Waals surface area contributed by atoms with Crippen molar-refractivity contribution in [2.45, 2.75) is 26.8 Å². The first kappa shape index (κ1) is 13.4. The number of carbonyl (C=O) groups excluding carboxylic acids is 1. The average molecular weight is 257 g/mol. The number of aryl methyl sites for hydroxylation is 3. The van der Waals surface area contributed by atoms with E-state index in [1.54, 1.807) is 0 Å². The Kier molecular flexibility index (Phi) is 4.39. The number of nitrogens with zero attached hydrogens (tertiary/aromatic N) is 1. The maximum atomic E-state index is 10.8. The Morgan fingerprint density at radius 1 is 1.26 bits per heavy atom. The molecule has 0 saturated carbocycles. The van der Waals surface area contributed by atoms with Gasteiger partial charge in [-0.1, -0.05) is 17.7 Å². The number of rotatable bonds is 6. The van der Waals surface area contributed by atoms with Gasteiger partial charge in [-0.15, -0.1) is 0 Å². The minimum atomic E-state index is 0.653. The molecule has 2 aromatic rings. The van der Waals surface area contributed by atoms with Crippen LogP contribution in [0.4, 0.5) is 0 Å². The molecule has 0 N–H and O–H groups in total. The molecule has 1 aromatic carbocycles. The fourth-order valence-corrected chi connectivity index (χ4v) is 2.12. The second-order valence-electron chi connectivity index (χ2n) is 4.72. The third-order valence-corrected chi connectivity index (χ3v) is 3.12. The topological polar surface area (TPSA) is 31.2 Å². The summed E-state index contributed by atoms with van der Waals surface area (Å²) in [7, 11) is 0. The number of hydrogen-bond donors (Lipinski definition) is 0. The van der Waals surface area contributed by atoms with Crippen molar-refractivity contribution in [2.75, 3.05) is 6.61 Å². The van der Waals surface area contributed by atoms with E-state index in [2.05, 4.69) is 26.0 Å². The van der Waals surface area contributed by atoms with Gasteiger partial charge in [-0.3, -0.25) is 4.79 Å². The second kappa shape index (κ2) is 6.23. The van der Waals surface area contributed by atoms with E-state index in [4.69, 9.17) is 4.74 Å². The van der Waals surface area contributed by atoms with Crippen LogP contribution in [0.15, 0.2) is 36.5 Å². The van der Waals surface area contributed by atoms with Crippen LogP contribution in [0.5, 0.6) is 5.75 Å². The Balaban J connectivity index is 1.82. The van der Waals surface area contributed by atoms with Gasteiger partial charge in [-0.25, -0.2) is 0 Å². The lowest BCUT2D eigenvalue weighted by Gasteiger charge is -2.10. The summed E-state index contributed by atoms with van der Waals surface area (Å²) in [5.74, 6) is 0.939. The Hall–Kier alpha value is -2.03. The van der Waals surface area contributed by atoms with Crippen molar-refractivity contribution in [2.24, 2.45) is 0 Å². The molecule has 0 amide bonds. The normalized spacial score (nSPS) is 10.4. The highest BCUT2D eigenvalue weighted by Gasteiger charge is 2.01. The molecule has 3 heteroatoms. The van der Waals surface area contributed by atoms with Crippen LogP contribution < -0.4 is 4.74 Å². The molecule has 0 aliphatic heterocycles. The Labute approximate surface area is 113 Å². The van der Waals surface area contributed by atoms with E-state index in [9.17, 15) is 4.79 Å². The van der Waals surface area contributed by atoms with E-state index < -0.39 is 0 Å². The van der Waals surface area contributed by atoms with Crippen LogP contribution in [-0.2, 0) is 6.54 Å². The van der Waals surface area contributed by atoms with Gasteiger partial charge in [0, 0.05) is 12.7 Å². The molecule has 0 radical (unpaired) electrons. The molecule has 0 aliphatic carbocycles. The van der Waals surface area contributed by atoms with Gasteiger partial charge in [0.2, 0.25) is 0 Å². The smallest absolute Gasteiger partial charge is 0.166 e. The highest BCUT2D eigenvalue weighted by Crippen LogP contribution is 2.18. The third kappa shape index (κ3) is 3.47. The van der Waals surface area contributed by atoms with Gasteiger partial charge in [0.1, 0.15) is 5.75 Å². The lowest BCUT2D eigenvalue weighted by Crippen LogP contribution is -2.06. The molecule has 100 valence electrons. The minimum absolute atomic E-state index is 0.653. The third-order valence-electron chi connectivity index (χ3n) is 3.12. The molecular weight excluding hydrogens is 238 g/mol. The number of aldehydes is 1. The summed E-state index contributed by atoms with van der Waals surface area (Å²) >= 11 is 0. The fourth-order valence-electron chi connectivity index (χ4n) is 2.12. The van der Waals surface area contributed by atoms with Crippen molar-refractivity contribution in [1.82, 2.24) is 4.57 Å². The number of carbonyl (C=O) groups is 1. The van der Waals surface area contributed by atoms with E-state index in [-0.39, 0.29) is 0 Å². The first-order valence-corrected chi connectivity index (χ1v) is 6.51. The van der Waals surface area contributed by atoms with E-state index in [0.717, 1.165) is 30.6 Å². The first-order chi connectivity index (χ1) is 9.20. The van der Waals surface area contributed by atoms with Crippen molar-refractivity contribution >= 4 is 6.29 Å². The molecule has 0 bridgehead atoms. The van der Waals surface area contributed by atoms with Crippen LogP contribution in [0.2, 0.25) is 0 Å². The predicted molar refractivity (Wildman–Crippen MR) is 75.8 cm³/mol. The van der Waals surface area contributed by atoms with Gasteiger partial charge < -0.3 is 9.30 Å². The summed E-state index contributed by atoms with van der Waals surface area (Å²) in [6, 6.07) is 9.88. The Bertz CT molecular complexity index is 558. The molecule has 0 unspecified atom stereocenters. The standard InChI is InChI=1S/C16H19NO2/c1-13-6-7-16(14(2)11-13)19-10-4-9-17-8-3-5-15(17)12-18/h3,5-8,11-12H,4,9-10H2,1-2H3. The van der Waals surface area contributed by atoms with Gasteiger partial charge in [0.15, 0.2) is 6.29 Å². The highest BCUT2D eigenvalue weighted by atomic mass is 16.5. The van der Waals surface area contributed by atoms with Gasteiger partial charge in [0.25, 0.3) is 0 Å². The summed E-state index contributed by atoms with van der Waals surface area (Å²) in [6.45, 7) is 5.58. The lowest BCUT2D eigenvalue weighted by atomic mass is 10.1. The van der Waals surface area contributed by atoms with Crippen LogP contribution >= 0.6 is 0 Å². The molecule has 0 spiro atoms. The van der Waals surface area contributed by atoms with E-state index in [1.165, 1.54) is 5.56 Å². The number of aromatic nitrogens is 1. The zero-order chi connectivity index (χ0) is 13.7. The average Bonchev–Trinajstić information content (AvgIpc) is 2.84. The molecule has 1 heterocycles. The minimum Gasteiger partial charge on any atom is -0.493 e. The van der Waals surface area contributed by atoms with Crippen LogP contribution in [0, 0.1) is 13.8 Å². The summed E-state index contributed by atoms with van der Waals surface area (Å²) in [6.07, 6.45) is 3.68. The van der Waals surface area contributed by atoms with E-state index in [1.807, 2.05) is 29.0 Å². The van der Waals surface area contributed by atoms with E-state index >= 15 is 0 Å². The largest absolute Gasteiger partial charge is 0.493 e. The Morgan fingerprint density at radius 3 is 2.84 bits per heavy atom. The van der Waals surface area contributed by atoms with Crippen molar-refractivity contribution in [3.63, 3.8) is 0 Å². The maximum Gasteiger partial charge on any atom is 0.166 e. The number of ether oxygens (including phenoxy) is 1. The van der Waals surface area contributed by atoms with Crippen LogP contribution in [0.25, 0.3) is 0 Å². The molecule has 0 saturated heterocycles. The molecule has 2 rings (SSSR count). The van der Waals surface area contributed by atoms with E-state index in [0.29, 0.717) is 12.3 Å². The summed E-state index contributed by atoms with van der Waals surface area (Å²) in [5, 5.41) is 0. The summed E-state index contributed by atoms with van der Waals surface area (Å²) < 4.78 is 7.70. The molecule has 1 aromatic heterocycles. The Morgan fingerprint density at radius 2 is 2.11 bits per heavy atom. The van der Waals surface area contributed by atoms with Gasteiger partial charge in [-0.2, -0.15) is 0 Å². The summed E-state index contributed by atoms with van der Waals surface area (Å²) in [4.78, 5) is 10.8.